The molecule has 2 saturated heterocycles. The minimum Gasteiger partial charge on any atom is -0.497 e. The fraction of sp³-hybridized carbons (Fsp3) is 0.696. The van der Waals surface area contributed by atoms with Crippen molar-refractivity contribution >= 4 is 11.6 Å². The van der Waals surface area contributed by atoms with E-state index in [-0.39, 0.29) is 0 Å². The quantitative estimate of drug-likeness (QED) is 0.398. The van der Waals surface area contributed by atoms with Gasteiger partial charge in [-0.3, -0.25) is 4.99 Å². The number of guanidine groups is 1. The van der Waals surface area contributed by atoms with Gasteiger partial charge in [0.15, 0.2) is 5.96 Å². The van der Waals surface area contributed by atoms with Gasteiger partial charge in [-0.1, -0.05) is 18.9 Å². The number of hydrogen-bond acceptors (Lipinski definition) is 4. The molecule has 1 aromatic rings. The van der Waals surface area contributed by atoms with E-state index in [1.807, 2.05) is 13.1 Å². The molecule has 6 heteroatoms. The monoisotopic (exact) mass is 401 g/mol. The number of nitrogens with one attached hydrogen (secondary N) is 2. The lowest BCUT2D eigenvalue weighted by molar-refractivity contribution is 0.282. The van der Waals surface area contributed by atoms with Crippen molar-refractivity contribution in [2.75, 3.05) is 64.9 Å². The third-order valence-electron chi connectivity index (χ3n) is 6.13. The third-order valence-corrected chi connectivity index (χ3v) is 6.13. The van der Waals surface area contributed by atoms with Gasteiger partial charge in [0.1, 0.15) is 5.75 Å². The second-order valence-electron chi connectivity index (χ2n) is 8.29. The Morgan fingerprint density at radius 2 is 1.97 bits per heavy atom. The normalized spacial score (nSPS) is 21.1. The highest BCUT2D eigenvalue weighted by Gasteiger charge is 2.23. The molecule has 6 nitrogen and oxygen atoms in total. The van der Waals surface area contributed by atoms with Crippen LogP contribution in [-0.4, -0.2) is 70.8 Å². The van der Waals surface area contributed by atoms with Gasteiger partial charge in [-0.15, -0.1) is 0 Å². The lowest BCUT2D eigenvalue weighted by atomic mass is 10.1. The Morgan fingerprint density at radius 1 is 1.14 bits per heavy atom. The van der Waals surface area contributed by atoms with Crippen molar-refractivity contribution in [2.45, 2.75) is 38.5 Å². The summed E-state index contributed by atoms with van der Waals surface area (Å²) in [5, 5.41) is 7.02. The number of aliphatic imine (C=N–C) groups is 1. The van der Waals surface area contributed by atoms with Gasteiger partial charge in [-0.25, -0.2) is 0 Å². The molecule has 0 saturated carbocycles. The summed E-state index contributed by atoms with van der Waals surface area (Å²) in [6, 6.07) is 8.36. The highest BCUT2D eigenvalue weighted by molar-refractivity contribution is 5.79. The molecular formula is C23H39N5O. The number of methoxy groups -OCH3 is 1. The molecule has 1 atom stereocenters. The van der Waals surface area contributed by atoms with E-state index >= 15 is 0 Å². The summed E-state index contributed by atoms with van der Waals surface area (Å²) in [5.41, 5.74) is 1.25. The minimum absolute atomic E-state index is 0.636. The Bertz CT molecular complexity index is 627. The molecule has 0 spiro atoms. The molecule has 3 rings (SSSR count). The number of hydrogen-bond donors (Lipinski definition) is 2. The van der Waals surface area contributed by atoms with Crippen LogP contribution in [0.5, 0.6) is 5.75 Å². The molecule has 2 aliphatic heterocycles. The molecule has 1 aromatic carbocycles. The standard InChI is InChI=1S/C23H39N5O/c1-24-23(25-12-8-15-27-13-5-3-4-6-14-27)26-18-20-11-16-28(19-20)21-9-7-10-22(17-21)29-2/h7,9-10,17,20H,3-6,8,11-16,18-19H2,1-2H3,(H2,24,25,26). The Labute approximate surface area is 176 Å². The molecule has 162 valence electrons. The maximum atomic E-state index is 5.36. The van der Waals surface area contributed by atoms with Crippen LogP contribution >= 0.6 is 0 Å². The van der Waals surface area contributed by atoms with Gasteiger partial charge in [-0.2, -0.15) is 0 Å². The van der Waals surface area contributed by atoms with E-state index < -0.39 is 0 Å². The highest BCUT2D eigenvalue weighted by Crippen LogP contribution is 2.26. The van der Waals surface area contributed by atoms with Gasteiger partial charge in [0.05, 0.1) is 7.11 Å². The van der Waals surface area contributed by atoms with Crippen molar-refractivity contribution in [3.63, 3.8) is 0 Å². The molecule has 2 N–H and O–H groups in total. The van der Waals surface area contributed by atoms with Crippen LogP contribution in [0.4, 0.5) is 5.69 Å². The summed E-state index contributed by atoms with van der Waals surface area (Å²) in [6.45, 7) is 7.87. The zero-order chi connectivity index (χ0) is 20.3. The average molecular weight is 402 g/mol. The van der Waals surface area contributed by atoms with E-state index in [0.717, 1.165) is 37.9 Å². The van der Waals surface area contributed by atoms with Crippen LogP contribution in [0, 0.1) is 5.92 Å². The van der Waals surface area contributed by atoms with Gasteiger partial charge >= 0.3 is 0 Å². The highest BCUT2D eigenvalue weighted by atomic mass is 16.5. The predicted octanol–water partition coefficient (Wildman–Crippen LogP) is 2.95. The van der Waals surface area contributed by atoms with E-state index in [4.69, 9.17) is 4.74 Å². The number of likely N-dealkylation sites (tertiary alicyclic amines) is 1. The molecule has 2 fully saturated rings. The van der Waals surface area contributed by atoms with Crippen molar-refractivity contribution in [3.05, 3.63) is 24.3 Å². The predicted molar refractivity (Wildman–Crippen MR) is 122 cm³/mol. The Kier molecular flexibility index (Phi) is 8.93. The summed E-state index contributed by atoms with van der Waals surface area (Å²) in [5.74, 6) is 2.49. The Hall–Kier alpha value is -1.95. The van der Waals surface area contributed by atoms with Crippen molar-refractivity contribution < 1.29 is 4.74 Å². The summed E-state index contributed by atoms with van der Waals surface area (Å²) < 4.78 is 5.36. The third kappa shape index (κ3) is 7.11. The average Bonchev–Trinajstić information content (AvgIpc) is 3.09. The number of ether oxygens (including phenoxy) is 1. The zero-order valence-corrected chi connectivity index (χ0v) is 18.3. The van der Waals surface area contributed by atoms with Crippen molar-refractivity contribution in [1.29, 1.82) is 0 Å². The van der Waals surface area contributed by atoms with E-state index in [1.165, 1.54) is 63.8 Å². The van der Waals surface area contributed by atoms with E-state index in [1.54, 1.807) is 7.11 Å². The van der Waals surface area contributed by atoms with Crippen LogP contribution in [0.3, 0.4) is 0 Å². The van der Waals surface area contributed by atoms with Gasteiger partial charge < -0.3 is 25.2 Å². The summed E-state index contributed by atoms with van der Waals surface area (Å²) in [7, 11) is 3.59. The SMILES string of the molecule is CN=C(NCCCN1CCCCCC1)NCC1CCN(c2cccc(OC)c2)C1. The first kappa shape index (κ1) is 21.8. The molecule has 2 heterocycles. The van der Waals surface area contributed by atoms with Crippen LogP contribution in [0.25, 0.3) is 0 Å². The van der Waals surface area contributed by atoms with Crippen molar-refractivity contribution in [3.8, 4) is 5.75 Å². The summed E-state index contributed by atoms with van der Waals surface area (Å²) >= 11 is 0. The number of benzene rings is 1. The van der Waals surface area contributed by atoms with Gasteiger partial charge in [-0.05, 0) is 63.4 Å². The van der Waals surface area contributed by atoms with Gasteiger partial charge in [0, 0.05) is 45.0 Å². The topological polar surface area (TPSA) is 52.1 Å². The number of nitrogens with zero attached hydrogens (tertiary/aromatic N) is 3. The van der Waals surface area contributed by atoms with Crippen LogP contribution in [-0.2, 0) is 0 Å². The molecule has 0 radical (unpaired) electrons. The Morgan fingerprint density at radius 3 is 2.72 bits per heavy atom. The molecule has 1 unspecified atom stereocenters. The largest absolute Gasteiger partial charge is 0.497 e. The van der Waals surface area contributed by atoms with Crippen LogP contribution < -0.4 is 20.3 Å². The fourth-order valence-electron chi connectivity index (χ4n) is 4.37. The molecule has 0 aromatic heterocycles. The van der Waals surface area contributed by atoms with Crippen molar-refractivity contribution in [2.24, 2.45) is 10.9 Å². The number of anilines is 1. The van der Waals surface area contributed by atoms with E-state index in [2.05, 4.69) is 43.6 Å². The maximum absolute atomic E-state index is 5.36. The van der Waals surface area contributed by atoms with E-state index in [0.29, 0.717) is 5.92 Å². The first-order valence-corrected chi connectivity index (χ1v) is 11.3. The molecule has 2 aliphatic rings. The van der Waals surface area contributed by atoms with Crippen molar-refractivity contribution in [1.82, 2.24) is 15.5 Å². The number of rotatable bonds is 8. The fourth-order valence-corrected chi connectivity index (χ4v) is 4.37. The molecular weight excluding hydrogens is 362 g/mol. The molecule has 0 amide bonds. The second-order valence-corrected chi connectivity index (χ2v) is 8.29. The minimum atomic E-state index is 0.636. The van der Waals surface area contributed by atoms with Crippen LogP contribution in [0.1, 0.15) is 38.5 Å². The lowest BCUT2D eigenvalue weighted by Crippen LogP contribution is -2.41. The van der Waals surface area contributed by atoms with Gasteiger partial charge in [0.2, 0.25) is 0 Å². The van der Waals surface area contributed by atoms with E-state index in [9.17, 15) is 0 Å². The second kappa shape index (κ2) is 11.9. The molecule has 0 aliphatic carbocycles. The van der Waals surface area contributed by atoms with Crippen LogP contribution in [0.15, 0.2) is 29.3 Å². The zero-order valence-electron chi connectivity index (χ0n) is 18.3. The van der Waals surface area contributed by atoms with Crippen LogP contribution in [0.2, 0.25) is 0 Å². The van der Waals surface area contributed by atoms with Gasteiger partial charge in [0.25, 0.3) is 0 Å². The summed E-state index contributed by atoms with van der Waals surface area (Å²) in [6.07, 6.45) is 7.92. The molecule has 29 heavy (non-hydrogen) atoms. The smallest absolute Gasteiger partial charge is 0.190 e. The molecule has 0 bridgehead atoms. The first-order valence-electron chi connectivity index (χ1n) is 11.3. The maximum Gasteiger partial charge on any atom is 0.190 e. The first-order chi connectivity index (χ1) is 14.3. The lowest BCUT2D eigenvalue weighted by Gasteiger charge is -2.21. The summed E-state index contributed by atoms with van der Waals surface area (Å²) in [4.78, 5) is 9.47. The Balaban J connectivity index is 1.33.